The Hall–Kier alpha value is -2.29. The Morgan fingerprint density at radius 1 is 1.21 bits per heavy atom. The van der Waals surface area contributed by atoms with Crippen molar-refractivity contribution in [2.75, 3.05) is 5.32 Å². The van der Waals surface area contributed by atoms with E-state index in [1.807, 2.05) is 5.32 Å². The van der Waals surface area contributed by atoms with E-state index in [9.17, 15) is 27.9 Å². The van der Waals surface area contributed by atoms with Crippen molar-refractivity contribution in [1.29, 1.82) is 0 Å². The van der Waals surface area contributed by atoms with E-state index in [2.05, 4.69) is 5.32 Å². The summed E-state index contributed by atoms with van der Waals surface area (Å²) in [4.78, 5) is 24.6. The number of aliphatic hydroxyl groups excluding tert-OH is 1. The molecule has 0 saturated carbocycles. The molecule has 28 heavy (non-hydrogen) atoms. The van der Waals surface area contributed by atoms with E-state index in [-0.39, 0.29) is 37.4 Å². The summed E-state index contributed by atoms with van der Waals surface area (Å²) in [5.41, 5.74) is -1.21. The summed E-state index contributed by atoms with van der Waals surface area (Å²) in [5, 5.41) is 14.7. The fourth-order valence-corrected chi connectivity index (χ4v) is 2.79. The molecule has 0 saturated heterocycles. The molecule has 142 valence electrons. The summed E-state index contributed by atoms with van der Waals surface area (Å²) in [6.07, 6.45) is -0.0579. The van der Waals surface area contributed by atoms with Gasteiger partial charge in [0.15, 0.2) is 11.6 Å². The molecule has 1 atom stereocenters. The summed E-state index contributed by atoms with van der Waals surface area (Å²) < 4.78 is 41.1. The third kappa shape index (κ3) is 4.24. The van der Waals surface area contributed by atoms with Crippen molar-refractivity contribution in [1.82, 2.24) is 5.32 Å². The molecule has 1 unspecified atom stereocenters. The van der Waals surface area contributed by atoms with Gasteiger partial charge in [-0.3, -0.25) is 9.59 Å². The van der Waals surface area contributed by atoms with Gasteiger partial charge in [-0.15, -0.1) is 0 Å². The number of nitrogens with one attached hydrogen (secondary N) is 2. The molecule has 3 N–H and O–H groups in total. The van der Waals surface area contributed by atoms with Crippen LogP contribution in [0.5, 0.6) is 0 Å². The molecule has 1 heterocycles. The molecular weight excluding hydrogens is 384 g/mol. The number of halogens is 3. The minimum Gasteiger partial charge on any atom is -1.00 e. The van der Waals surface area contributed by atoms with Crippen LogP contribution in [-0.2, 0) is 9.59 Å². The van der Waals surface area contributed by atoms with E-state index in [1.54, 1.807) is 30.3 Å². The summed E-state index contributed by atoms with van der Waals surface area (Å²) in [6.45, 7) is 1.05. The Balaban J connectivity index is 0.00000210. The number of benzene rings is 2. The van der Waals surface area contributed by atoms with Gasteiger partial charge in [-0.25, -0.2) is 13.2 Å². The average Bonchev–Trinajstić information content (AvgIpc) is 2.64. The van der Waals surface area contributed by atoms with E-state index in [0.29, 0.717) is 6.07 Å². The van der Waals surface area contributed by atoms with Crippen molar-refractivity contribution >= 4 is 17.5 Å². The van der Waals surface area contributed by atoms with Crippen LogP contribution < -0.4 is 40.2 Å². The van der Waals surface area contributed by atoms with Gasteiger partial charge in [0.05, 0.1) is 11.7 Å². The van der Waals surface area contributed by atoms with Crippen LogP contribution in [0.1, 0.15) is 25.0 Å². The zero-order chi connectivity index (χ0) is 19.7. The van der Waals surface area contributed by atoms with E-state index in [1.165, 1.54) is 0 Å². The maximum atomic E-state index is 13.9. The van der Waals surface area contributed by atoms with Crippen LogP contribution in [0.25, 0.3) is 0 Å². The van der Waals surface area contributed by atoms with Crippen molar-refractivity contribution in [3.8, 4) is 0 Å². The Kier molecular flexibility index (Phi) is 6.92. The van der Waals surface area contributed by atoms with Crippen LogP contribution in [0, 0.1) is 24.4 Å². The van der Waals surface area contributed by atoms with E-state index in [4.69, 9.17) is 0 Å². The predicted molar refractivity (Wildman–Crippen MR) is 92.4 cm³/mol. The molecule has 2 aromatic carbocycles. The number of carbonyl (C=O) groups excluding carboxylic acids is 2. The zero-order valence-electron chi connectivity index (χ0n) is 16.1. The molecule has 1 aliphatic rings. The van der Waals surface area contributed by atoms with Gasteiger partial charge in [0.2, 0.25) is 0 Å². The van der Waals surface area contributed by atoms with E-state index >= 15 is 0 Å². The van der Waals surface area contributed by atoms with Gasteiger partial charge in [-0.1, -0.05) is 30.3 Å². The van der Waals surface area contributed by atoms with E-state index in [0.717, 1.165) is 12.5 Å². The maximum absolute atomic E-state index is 13.9. The van der Waals surface area contributed by atoms with Crippen molar-refractivity contribution in [2.45, 2.75) is 19.4 Å². The first kappa shape index (κ1) is 22.0. The number of rotatable bonds is 3. The molecule has 2 amide bonds. The normalized spacial score (nSPS) is 16.3. The van der Waals surface area contributed by atoms with Gasteiger partial charge in [0.1, 0.15) is 17.1 Å². The molecule has 9 heteroatoms. The number of hydrogen-bond donors (Lipinski definition) is 3. The first-order valence-corrected chi connectivity index (χ1v) is 8.03. The molecule has 0 fully saturated rings. The van der Waals surface area contributed by atoms with Gasteiger partial charge >= 0.3 is 29.6 Å². The van der Waals surface area contributed by atoms with Gasteiger partial charge in [0.25, 0.3) is 11.8 Å². The molecule has 0 aromatic heterocycles. The van der Waals surface area contributed by atoms with Gasteiger partial charge in [0, 0.05) is 18.1 Å². The van der Waals surface area contributed by atoms with E-state index < -0.39 is 57.9 Å². The van der Waals surface area contributed by atoms with Crippen molar-refractivity contribution in [3.63, 3.8) is 0 Å². The summed E-state index contributed by atoms with van der Waals surface area (Å²) in [6, 6.07) is 8.86. The molecule has 0 radical (unpaired) electrons. The summed E-state index contributed by atoms with van der Waals surface area (Å²) in [7, 11) is 0. The zero-order valence-corrected chi connectivity index (χ0v) is 17.1. The van der Waals surface area contributed by atoms with Gasteiger partial charge in [-0.05, 0) is 12.5 Å². The van der Waals surface area contributed by atoms with Gasteiger partial charge in [-0.2, -0.15) is 0 Å². The molecule has 0 spiro atoms. The minimum absolute atomic E-state index is 0. The Labute approximate surface area is 182 Å². The maximum Gasteiger partial charge on any atom is 1.00 e. The molecular formula is C19H16F3N2NaO3. The van der Waals surface area contributed by atoms with Crippen LogP contribution in [0.4, 0.5) is 18.9 Å². The van der Waals surface area contributed by atoms with Crippen LogP contribution >= 0.6 is 0 Å². The summed E-state index contributed by atoms with van der Waals surface area (Å²) in [5.74, 6) is -6.50. The second kappa shape index (κ2) is 8.81. The third-order valence-corrected chi connectivity index (χ3v) is 4.28. The first-order valence-electron chi connectivity index (χ1n) is 8.03. The van der Waals surface area contributed by atoms with Crippen LogP contribution in [0.15, 0.2) is 47.7 Å². The van der Waals surface area contributed by atoms with Crippen molar-refractivity contribution in [3.05, 3.63) is 76.3 Å². The fourth-order valence-electron chi connectivity index (χ4n) is 2.79. The number of amides is 2. The monoisotopic (exact) mass is 400 g/mol. The van der Waals surface area contributed by atoms with Crippen LogP contribution in [0.3, 0.4) is 0 Å². The fraction of sp³-hybridized carbons (Fsp3) is 0.158. The Morgan fingerprint density at radius 2 is 1.86 bits per heavy atom. The number of carbonyl (C=O) groups is 2. The second-order valence-corrected chi connectivity index (χ2v) is 6.08. The average molecular weight is 400 g/mol. The van der Waals surface area contributed by atoms with Gasteiger partial charge < -0.3 is 17.2 Å². The van der Waals surface area contributed by atoms with Crippen molar-refractivity contribution in [2.24, 2.45) is 0 Å². The largest absolute Gasteiger partial charge is 1.00 e. The molecule has 1 aliphatic heterocycles. The number of aliphatic hydroxyl groups is 1. The SMILES string of the molecule is Cc1c(F)cc(NC(=O)C2=C(O)CC(c3ccccc3)NC2=O)c(F)c1F.[H-].[Na+]. The molecule has 0 aliphatic carbocycles. The van der Waals surface area contributed by atoms with Crippen molar-refractivity contribution < 1.29 is 58.9 Å². The van der Waals surface area contributed by atoms with Crippen LogP contribution in [0.2, 0.25) is 0 Å². The smallest absolute Gasteiger partial charge is 1.00 e. The quantitative estimate of drug-likeness (QED) is 0.400. The summed E-state index contributed by atoms with van der Waals surface area (Å²) >= 11 is 0. The second-order valence-electron chi connectivity index (χ2n) is 6.08. The number of hydrogen-bond acceptors (Lipinski definition) is 3. The number of anilines is 1. The Bertz CT molecular complexity index is 971. The molecule has 5 nitrogen and oxygen atoms in total. The first-order chi connectivity index (χ1) is 12.8. The Morgan fingerprint density at radius 3 is 2.46 bits per heavy atom. The van der Waals surface area contributed by atoms with Crippen LogP contribution in [-0.4, -0.2) is 16.9 Å². The topological polar surface area (TPSA) is 78.4 Å². The standard InChI is InChI=1S/C19H15F3N2O3.Na.H/c1-9-11(20)7-13(17(22)16(9)21)24-19(27)15-14(25)8-12(23-18(15)26)10-5-3-2-4-6-10;;/h2-7,12,25H,8H2,1H3,(H,23,26)(H,24,27);;/q;+1;-1. The third-order valence-electron chi connectivity index (χ3n) is 4.28. The molecule has 2 aromatic rings. The predicted octanol–water partition coefficient (Wildman–Crippen LogP) is 0.541. The molecule has 0 bridgehead atoms. The molecule has 3 rings (SSSR count). The minimum atomic E-state index is -1.46.